The third-order valence-electron chi connectivity index (χ3n) is 5.46. The van der Waals surface area contributed by atoms with Crippen molar-refractivity contribution in [2.45, 2.75) is 17.7 Å². The van der Waals surface area contributed by atoms with Crippen LogP contribution in [0.15, 0.2) is 84.9 Å². The summed E-state index contributed by atoms with van der Waals surface area (Å²) in [4.78, 5) is 31.1. The molecule has 5 aromatic rings. The van der Waals surface area contributed by atoms with Gasteiger partial charge in [0.05, 0.1) is 11.0 Å². The van der Waals surface area contributed by atoms with Gasteiger partial charge in [0.1, 0.15) is 11.4 Å². The van der Waals surface area contributed by atoms with Crippen LogP contribution in [0.1, 0.15) is 20.7 Å². The van der Waals surface area contributed by atoms with Crippen LogP contribution in [0.5, 0.6) is 11.6 Å². The van der Waals surface area contributed by atoms with Crippen LogP contribution in [0, 0.1) is 0 Å². The van der Waals surface area contributed by atoms with Gasteiger partial charge in [-0.25, -0.2) is 4.98 Å². The summed E-state index contributed by atoms with van der Waals surface area (Å²) in [7, 11) is 0. The minimum atomic E-state index is -4.83. The summed E-state index contributed by atoms with van der Waals surface area (Å²) in [5.74, 6) is -0.839. The molecule has 2 N–H and O–H groups in total. The van der Waals surface area contributed by atoms with Gasteiger partial charge in [0, 0.05) is 17.2 Å². The summed E-state index contributed by atoms with van der Waals surface area (Å²) in [6, 6.07) is 21.3. The maximum Gasteiger partial charge on any atom is 0.573 e. The monoisotopic (exact) mass is 684 g/mol. The molecular weight excluding hydrogens is 666 g/mol. The number of hydrogen-bond acceptors (Lipinski definition) is 7. The second-order valence-corrected chi connectivity index (χ2v) is 9.45. The van der Waals surface area contributed by atoms with Crippen LogP contribution >= 0.6 is 15.9 Å². The van der Waals surface area contributed by atoms with Crippen LogP contribution in [-0.2, 0) is 4.74 Å². The number of imidazole rings is 1. The van der Waals surface area contributed by atoms with Gasteiger partial charge in [0.25, 0.3) is 0 Å². The van der Waals surface area contributed by atoms with Crippen molar-refractivity contribution in [2.75, 3.05) is 6.61 Å². The number of carbonyl (C=O) groups is 2. The maximum atomic E-state index is 12.2. The van der Waals surface area contributed by atoms with Gasteiger partial charge in [-0.15, -0.1) is 31.4 Å². The number of benzene rings is 3. The molecule has 5 rings (SSSR count). The summed E-state index contributed by atoms with van der Waals surface area (Å²) in [5, 5.41) is 5.04. The molecule has 2 heterocycles. The number of carbonyl (C=O) groups excluding carboxylic acids is 2. The number of nitrogens with zero attached hydrogens (tertiary/aromatic N) is 2. The zero-order valence-electron chi connectivity index (χ0n) is 21.9. The summed E-state index contributed by atoms with van der Waals surface area (Å²) in [6.45, 7) is -0.329. The van der Waals surface area contributed by atoms with Crippen LogP contribution < -0.4 is 9.47 Å². The van der Waals surface area contributed by atoms with Gasteiger partial charge in [-0.2, -0.15) is 0 Å². The molecule has 2 aromatic heterocycles. The molecule has 0 saturated carbocycles. The lowest BCUT2D eigenvalue weighted by molar-refractivity contribution is -0.323. The zero-order valence-corrected chi connectivity index (χ0v) is 23.5. The molecule has 9 nitrogen and oxygen atoms in total. The molecule has 1 atom stereocenters. The predicted octanol–water partition coefficient (Wildman–Crippen LogP) is 7.24. The predicted molar refractivity (Wildman–Crippen MR) is 147 cm³/mol. The van der Waals surface area contributed by atoms with E-state index in [-0.39, 0.29) is 23.6 Å². The van der Waals surface area contributed by atoms with Crippen molar-refractivity contribution in [3.8, 4) is 23.1 Å². The summed E-state index contributed by atoms with van der Waals surface area (Å²) < 4.78 is 84.5. The van der Waals surface area contributed by atoms with Crippen molar-refractivity contribution in [3.05, 3.63) is 96.1 Å². The first kappa shape index (κ1) is 32.2. The van der Waals surface area contributed by atoms with Crippen molar-refractivity contribution in [1.29, 1.82) is 0 Å². The van der Waals surface area contributed by atoms with Gasteiger partial charge in [-0.05, 0) is 52.3 Å². The fourth-order valence-electron chi connectivity index (χ4n) is 3.55. The highest BCUT2D eigenvalue weighted by atomic mass is 79.9. The number of alkyl halides is 7. The standard InChI is InChI=1S/C19H13F3N4O3.C9H6BrF3O2/c20-19(21,22)29-12-7-5-11(6-8-12)16(27)10-28-17-9-15(25-26-17)18-23-13-3-1-2-4-14(13)24-18;10-8(15-9(11,12)13)7(14)6-4-2-1-3-5-6/h1-9H,10H2,(H,23,24)(H,25,26);1-5,8H. The highest BCUT2D eigenvalue weighted by Crippen LogP contribution is 2.25. The van der Waals surface area contributed by atoms with E-state index in [1.54, 1.807) is 24.3 Å². The normalized spacial score (nSPS) is 12.2. The Morgan fingerprint density at radius 3 is 2.14 bits per heavy atom. The Kier molecular flexibility index (Phi) is 10.1. The van der Waals surface area contributed by atoms with Crippen LogP contribution in [-0.4, -0.2) is 56.1 Å². The number of para-hydroxylation sites is 2. The first-order valence-corrected chi connectivity index (χ1v) is 13.2. The lowest BCUT2D eigenvalue weighted by Gasteiger charge is -2.12. The van der Waals surface area contributed by atoms with Gasteiger partial charge in [-0.3, -0.25) is 19.4 Å². The Morgan fingerprint density at radius 2 is 1.50 bits per heavy atom. The minimum Gasteiger partial charge on any atom is -0.468 e. The molecule has 0 aliphatic carbocycles. The van der Waals surface area contributed by atoms with E-state index in [2.05, 4.69) is 45.6 Å². The SMILES string of the molecule is O=C(COc1cc(-c2nc3ccccc3[nH]2)[nH]n1)c1ccc(OC(F)(F)F)cc1.O=C(c1ccccc1)C(Br)OC(F)(F)F. The molecule has 0 fully saturated rings. The van der Waals surface area contributed by atoms with Gasteiger partial charge >= 0.3 is 12.7 Å². The third kappa shape index (κ3) is 9.40. The van der Waals surface area contributed by atoms with Gasteiger partial charge < -0.3 is 14.5 Å². The molecule has 44 heavy (non-hydrogen) atoms. The molecule has 0 radical (unpaired) electrons. The molecular formula is C28H19BrF6N4O5. The second-order valence-electron chi connectivity index (χ2n) is 8.62. The summed E-state index contributed by atoms with van der Waals surface area (Å²) in [5.41, 5.74) is 2.59. The number of halogens is 7. The first-order valence-electron chi connectivity index (χ1n) is 12.3. The molecule has 16 heteroatoms. The van der Waals surface area contributed by atoms with Crippen molar-refractivity contribution in [3.63, 3.8) is 0 Å². The molecule has 0 aliphatic heterocycles. The maximum absolute atomic E-state index is 12.2. The van der Waals surface area contributed by atoms with Gasteiger partial charge in [0.2, 0.25) is 11.7 Å². The fraction of sp³-hybridized carbons (Fsp3) is 0.143. The molecule has 0 amide bonds. The number of aromatic nitrogens is 4. The molecule has 0 spiro atoms. The molecule has 0 saturated heterocycles. The zero-order chi connectivity index (χ0) is 31.9. The number of nitrogens with one attached hydrogen (secondary N) is 2. The summed E-state index contributed by atoms with van der Waals surface area (Å²) >= 11 is 2.52. The van der Waals surface area contributed by atoms with Crippen LogP contribution in [0.4, 0.5) is 26.3 Å². The number of ether oxygens (including phenoxy) is 3. The number of Topliss-reactive ketones (excluding diaryl/α,β-unsaturated/α-hetero) is 2. The Bertz CT molecular complexity index is 1670. The van der Waals surface area contributed by atoms with Crippen molar-refractivity contribution < 1.29 is 50.1 Å². The Morgan fingerprint density at radius 1 is 0.841 bits per heavy atom. The average molecular weight is 685 g/mol. The first-order chi connectivity index (χ1) is 20.8. The van der Waals surface area contributed by atoms with E-state index in [0.717, 1.165) is 23.2 Å². The quantitative estimate of drug-likeness (QED) is 0.0954. The van der Waals surface area contributed by atoms with E-state index in [1.807, 2.05) is 24.3 Å². The third-order valence-corrected chi connectivity index (χ3v) is 6.06. The number of H-pyrrole nitrogens is 2. The highest BCUT2D eigenvalue weighted by molar-refractivity contribution is 9.09. The number of ketones is 2. The fourth-order valence-corrected chi connectivity index (χ4v) is 4.02. The topological polar surface area (TPSA) is 119 Å². The van der Waals surface area contributed by atoms with Crippen molar-refractivity contribution in [1.82, 2.24) is 20.2 Å². The molecule has 230 valence electrons. The lowest BCUT2D eigenvalue weighted by atomic mass is 10.1. The molecule has 0 aliphatic rings. The van der Waals surface area contributed by atoms with Gasteiger partial charge in [0.15, 0.2) is 23.2 Å². The van der Waals surface area contributed by atoms with Crippen LogP contribution in [0.3, 0.4) is 0 Å². The molecule has 1 unspecified atom stereocenters. The number of rotatable bonds is 9. The Labute approximate surface area is 252 Å². The Balaban J connectivity index is 0.000000249. The van der Waals surface area contributed by atoms with Crippen LogP contribution in [0.25, 0.3) is 22.6 Å². The highest BCUT2D eigenvalue weighted by Gasteiger charge is 2.35. The molecule has 0 bridgehead atoms. The van der Waals surface area contributed by atoms with Gasteiger partial charge in [-0.1, -0.05) is 42.5 Å². The van der Waals surface area contributed by atoms with Crippen LogP contribution in [0.2, 0.25) is 0 Å². The largest absolute Gasteiger partial charge is 0.573 e. The van der Waals surface area contributed by atoms with E-state index in [1.165, 1.54) is 24.3 Å². The van der Waals surface area contributed by atoms with E-state index in [0.29, 0.717) is 11.5 Å². The number of aromatic amines is 2. The Hall–Kier alpha value is -4.70. The lowest BCUT2D eigenvalue weighted by Crippen LogP contribution is -2.26. The average Bonchev–Trinajstić information content (AvgIpc) is 3.62. The van der Waals surface area contributed by atoms with Crippen molar-refractivity contribution >= 4 is 38.5 Å². The molecule has 3 aromatic carbocycles. The summed E-state index contributed by atoms with van der Waals surface area (Å²) in [6.07, 6.45) is -9.62. The minimum absolute atomic E-state index is 0.156. The number of hydrogen-bond donors (Lipinski definition) is 2. The van der Waals surface area contributed by atoms with E-state index in [9.17, 15) is 35.9 Å². The van der Waals surface area contributed by atoms with E-state index >= 15 is 0 Å². The smallest absolute Gasteiger partial charge is 0.468 e. The van der Waals surface area contributed by atoms with Crippen molar-refractivity contribution in [2.24, 2.45) is 0 Å². The number of fused-ring (bicyclic) bond motifs is 1. The van der Waals surface area contributed by atoms with E-state index in [4.69, 9.17) is 4.74 Å². The van der Waals surface area contributed by atoms with E-state index < -0.39 is 35.1 Å². The second kappa shape index (κ2) is 13.7.